The number of methoxy groups -OCH3 is 1. The summed E-state index contributed by atoms with van der Waals surface area (Å²) in [6.07, 6.45) is 6.75. The van der Waals surface area contributed by atoms with Crippen molar-refractivity contribution in [3.05, 3.63) is 65.2 Å². The van der Waals surface area contributed by atoms with Crippen LogP contribution in [-0.4, -0.2) is 28.7 Å². The lowest BCUT2D eigenvalue weighted by Gasteiger charge is -2.49. The van der Waals surface area contributed by atoms with Gasteiger partial charge in [0.25, 0.3) is 0 Å². The number of carbonyl (C=O) groups excluding carboxylic acids is 1. The van der Waals surface area contributed by atoms with E-state index in [9.17, 15) is 4.79 Å². The number of hydrogen-bond acceptors (Lipinski definition) is 3. The summed E-state index contributed by atoms with van der Waals surface area (Å²) in [5.74, 6) is 0.728. The van der Waals surface area contributed by atoms with Crippen molar-refractivity contribution in [2.45, 2.75) is 45.1 Å². The number of ether oxygens (including phenoxy) is 1. The van der Waals surface area contributed by atoms with Gasteiger partial charge < -0.3 is 4.74 Å². The molecule has 154 valence electrons. The maximum atomic E-state index is 13.9. The molecule has 1 heterocycles. The van der Waals surface area contributed by atoms with Crippen molar-refractivity contribution < 1.29 is 9.53 Å². The summed E-state index contributed by atoms with van der Waals surface area (Å²) >= 11 is 5.63. The summed E-state index contributed by atoms with van der Waals surface area (Å²) in [5.41, 5.74) is 4.32. The Balaban J connectivity index is 1.55. The second-order valence-corrected chi connectivity index (χ2v) is 9.11. The van der Waals surface area contributed by atoms with Crippen molar-refractivity contribution in [3.63, 3.8) is 0 Å². The predicted octanol–water partition coefficient (Wildman–Crippen LogP) is 4.93. The van der Waals surface area contributed by atoms with Crippen LogP contribution in [0.4, 0.5) is 0 Å². The molecule has 0 saturated heterocycles. The average molecular weight is 419 g/mol. The molecule has 5 rings (SSSR count). The van der Waals surface area contributed by atoms with Crippen LogP contribution in [0.1, 0.15) is 48.8 Å². The van der Waals surface area contributed by atoms with Crippen molar-refractivity contribution in [2.75, 3.05) is 7.11 Å². The minimum Gasteiger partial charge on any atom is -0.497 e. The fourth-order valence-electron chi connectivity index (χ4n) is 5.55. The van der Waals surface area contributed by atoms with Crippen molar-refractivity contribution in [1.29, 1.82) is 0 Å². The Morgan fingerprint density at radius 1 is 1.10 bits per heavy atom. The van der Waals surface area contributed by atoms with Gasteiger partial charge in [0, 0.05) is 5.56 Å². The third kappa shape index (κ3) is 3.16. The number of hydrogen-bond donors (Lipinski definition) is 0. The molecule has 2 aromatic rings. The zero-order valence-corrected chi connectivity index (χ0v) is 18.1. The fraction of sp³-hybridized carbons (Fsp3) is 0.400. The molecule has 3 aliphatic rings. The van der Waals surface area contributed by atoms with Gasteiger partial charge in [0.05, 0.1) is 25.3 Å². The summed E-state index contributed by atoms with van der Waals surface area (Å²) in [6.45, 7) is 0.451. The third-order valence-electron chi connectivity index (χ3n) is 7.03. The summed E-state index contributed by atoms with van der Waals surface area (Å²) in [5, 5.41) is 0.379. The van der Waals surface area contributed by atoms with Crippen LogP contribution in [0, 0.1) is 11.3 Å². The Kier molecular flexibility index (Phi) is 4.94. The van der Waals surface area contributed by atoms with Gasteiger partial charge in [-0.05, 0) is 60.2 Å². The van der Waals surface area contributed by atoms with Crippen LogP contribution in [0.15, 0.2) is 53.5 Å². The van der Waals surface area contributed by atoms with Gasteiger partial charge in [-0.2, -0.15) is 0 Å². The molecule has 0 aromatic heterocycles. The molecule has 1 atom stereocenters. The van der Waals surface area contributed by atoms with E-state index < -0.39 is 0 Å². The van der Waals surface area contributed by atoms with Crippen LogP contribution in [0.2, 0.25) is 0 Å². The number of aliphatic imine (C=N–C) groups is 1. The number of amides is 1. The van der Waals surface area contributed by atoms with Crippen LogP contribution in [-0.2, 0) is 17.8 Å². The molecule has 0 radical (unpaired) electrons. The SMILES string of the molecule is COc1ccc(CN2C(=O)C3C(=NC2=S)c2ccccc2CC32CCCCC2)cc1. The van der Waals surface area contributed by atoms with Crippen molar-refractivity contribution in [1.82, 2.24) is 4.90 Å². The van der Waals surface area contributed by atoms with Gasteiger partial charge in [-0.1, -0.05) is 55.7 Å². The van der Waals surface area contributed by atoms with Crippen LogP contribution in [0.3, 0.4) is 0 Å². The summed E-state index contributed by atoms with van der Waals surface area (Å²) in [6, 6.07) is 16.2. The van der Waals surface area contributed by atoms with Gasteiger partial charge >= 0.3 is 0 Å². The molecule has 1 spiro atoms. The van der Waals surface area contributed by atoms with Gasteiger partial charge in [-0.3, -0.25) is 9.69 Å². The molecule has 1 fully saturated rings. The minimum atomic E-state index is -0.197. The molecular weight excluding hydrogens is 392 g/mol. The number of nitrogens with zero attached hydrogens (tertiary/aromatic N) is 2. The first-order chi connectivity index (χ1) is 14.6. The summed E-state index contributed by atoms with van der Waals surface area (Å²) in [7, 11) is 1.65. The smallest absolute Gasteiger partial charge is 0.238 e. The van der Waals surface area contributed by atoms with E-state index in [1.165, 1.54) is 24.8 Å². The highest BCUT2D eigenvalue weighted by atomic mass is 32.1. The molecule has 2 aliphatic carbocycles. The third-order valence-corrected chi connectivity index (χ3v) is 7.34. The van der Waals surface area contributed by atoms with E-state index in [1.54, 1.807) is 12.0 Å². The van der Waals surface area contributed by atoms with Crippen molar-refractivity contribution in [3.8, 4) is 5.75 Å². The topological polar surface area (TPSA) is 41.9 Å². The van der Waals surface area contributed by atoms with E-state index in [4.69, 9.17) is 21.9 Å². The lowest BCUT2D eigenvalue weighted by Crippen LogP contribution is -2.56. The molecule has 1 amide bonds. The van der Waals surface area contributed by atoms with E-state index in [-0.39, 0.29) is 17.2 Å². The van der Waals surface area contributed by atoms with E-state index in [0.29, 0.717) is 11.7 Å². The first-order valence-electron chi connectivity index (χ1n) is 10.8. The van der Waals surface area contributed by atoms with Crippen molar-refractivity contribution in [2.24, 2.45) is 16.3 Å². The molecule has 30 heavy (non-hydrogen) atoms. The Labute approximate surface area is 183 Å². The second kappa shape index (κ2) is 7.62. The number of rotatable bonds is 3. The van der Waals surface area contributed by atoms with Gasteiger partial charge in [0.2, 0.25) is 11.0 Å². The van der Waals surface area contributed by atoms with E-state index in [2.05, 4.69) is 18.2 Å². The Hall–Kier alpha value is -2.53. The molecular formula is C25H26N2O2S. The molecule has 1 saturated carbocycles. The first kappa shape index (κ1) is 19.4. The highest BCUT2D eigenvalue weighted by Gasteiger charge is 2.53. The van der Waals surface area contributed by atoms with Crippen LogP contribution >= 0.6 is 12.2 Å². The highest BCUT2D eigenvalue weighted by Crippen LogP contribution is 2.51. The molecule has 0 bridgehead atoms. The Morgan fingerprint density at radius 3 is 2.57 bits per heavy atom. The minimum absolute atomic E-state index is 0.0310. The summed E-state index contributed by atoms with van der Waals surface area (Å²) < 4.78 is 5.25. The molecule has 0 N–H and O–H groups in total. The maximum absolute atomic E-state index is 13.9. The lowest BCUT2D eigenvalue weighted by molar-refractivity contribution is -0.134. The van der Waals surface area contributed by atoms with E-state index in [1.807, 2.05) is 30.3 Å². The zero-order chi connectivity index (χ0) is 20.7. The Morgan fingerprint density at radius 2 is 1.83 bits per heavy atom. The van der Waals surface area contributed by atoms with Crippen LogP contribution in [0.25, 0.3) is 0 Å². The van der Waals surface area contributed by atoms with Crippen molar-refractivity contribution >= 4 is 28.9 Å². The Bertz CT molecular complexity index is 1020. The molecule has 2 aromatic carbocycles. The predicted molar refractivity (Wildman–Crippen MR) is 122 cm³/mol. The summed E-state index contributed by atoms with van der Waals surface area (Å²) in [4.78, 5) is 20.5. The largest absolute Gasteiger partial charge is 0.497 e. The average Bonchev–Trinajstić information content (AvgIpc) is 2.77. The first-order valence-corrected chi connectivity index (χ1v) is 11.2. The maximum Gasteiger partial charge on any atom is 0.238 e. The molecule has 1 aliphatic heterocycles. The lowest BCUT2D eigenvalue weighted by atomic mass is 9.57. The number of fused-ring (bicyclic) bond motifs is 4. The normalized spacial score (nSPS) is 22.4. The monoisotopic (exact) mass is 418 g/mol. The molecule has 1 unspecified atom stereocenters. The highest BCUT2D eigenvalue weighted by molar-refractivity contribution is 7.80. The van der Waals surface area contributed by atoms with E-state index >= 15 is 0 Å². The molecule has 5 heteroatoms. The van der Waals surface area contributed by atoms with Gasteiger partial charge in [0.1, 0.15) is 5.75 Å². The van der Waals surface area contributed by atoms with Gasteiger partial charge in [-0.25, -0.2) is 4.99 Å². The standard InChI is InChI=1S/C25H26N2O2S/c1-29-19-11-9-17(10-12-19)16-27-23(28)21-22(26-24(27)30)20-8-4-3-7-18(20)15-25(21)13-5-2-6-14-25/h3-4,7-12,21H,2,5-6,13-16H2,1H3. The number of thiocarbonyl (C=S) groups is 1. The van der Waals surface area contributed by atoms with Crippen LogP contribution in [0.5, 0.6) is 5.75 Å². The number of benzene rings is 2. The quantitative estimate of drug-likeness (QED) is 0.664. The van der Waals surface area contributed by atoms with Crippen LogP contribution < -0.4 is 4.74 Å². The number of carbonyl (C=O) groups is 1. The van der Waals surface area contributed by atoms with Gasteiger partial charge in [0.15, 0.2) is 0 Å². The van der Waals surface area contributed by atoms with Gasteiger partial charge in [-0.15, -0.1) is 0 Å². The van der Waals surface area contributed by atoms with E-state index in [0.717, 1.165) is 41.9 Å². The fourth-order valence-corrected chi connectivity index (χ4v) is 5.80. The second-order valence-electron chi connectivity index (χ2n) is 8.74. The zero-order valence-electron chi connectivity index (χ0n) is 17.3. The molecule has 4 nitrogen and oxygen atoms in total.